The predicted octanol–water partition coefficient (Wildman–Crippen LogP) is 3.34. The van der Waals surface area contributed by atoms with Crippen LogP contribution in [0.4, 0.5) is 11.4 Å². The molecular weight excluding hydrogens is 336 g/mol. The number of fused-ring (bicyclic) bond motifs is 1. The number of amides is 1. The van der Waals surface area contributed by atoms with Crippen molar-refractivity contribution in [1.82, 2.24) is 9.63 Å². The minimum absolute atomic E-state index is 0.0407. The number of hydrogen-bond donors (Lipinski definition) is 2. The highest BCUT2D eigenvalue weighted by Gasteiger charge is 2.33. The Labute approximate surface area is 148 Å². The summed E-state index contributed by atoms with van der Waals surface area (Å²) < 4.78 is 1.69. The van der Waals surface area contributed by atoms with E-state index in [2.05, 4.69) is 5.32 Å². The van der Waals surface area contributed by atoms with E-state index in [0.29, 0.717) is 27.7 Å². The van der Waals surface area contributed by atoms with Crippen LogP contribution in [-0.2, 0) is 0 Å². The minimum Gasteiger partial charge on any atom is -0.358 e. The fourth-order valence-electron chi connectivity index (χ4n) is 3.05. The van der Waals surface area contributed by atoms with E-state index < -0.39 is 17.0 Å². The number of nitro groups is 1. The van der Waals surface area contributed by atoms with E-state index in [4.69, 9.17) is 0 Å². The fourth-order valence-corrected chi connectivity index (χ4v) is 3.05. The Morgan fingerprint density at radius 3 is 2.69 bits per heavy atom. The summed E-state index contributed by atoms with van der Waals surface area (Å²) >= 11 is 0. The van der Waals surface area contributed by atoms with Crippen LogP contribution in [0.1, 0.15) is 22.2 Å². The molecule has 2 aromatic carbocycles. The number of non-ortho nitro benzene ring substituents is 1. The average Bonchev–Trinajstić information content (AvgIpc) is 3.14. The smallest absolute Gasteiger partial charge is 0.281 e. The van der Waals surface area contributed by atoms with E-state index >= 15 is 0 Å². The molecule has 0 saturated carbocycles. The number of aromatic nitrogens is 1. The van der Waals surface area contributed by atoms with Crippen LogP contribution in [0.25, 0.3) is 5.69 Å². The highest BCUT2D eigenvalue weighted by molar-refractivity contribution is 6.00. The number of nitrogens with one attached hydrogen (secondary N) is 1. The molecule has 2 heterocycles. The monoisotopic (exact) mass is 350 g/mol. The zero-order chi connectivity index (χ0) is 18.3. The van der Waals surface area contributed by atoms with Crippen LogP contribution in [0.15, 0.2) is 66.9 Å². The van der Waals surface area contributed by atoms with E-state index in [9.17, 15) is 20.1 Å². The third kappa shape index (κ3) is 2.49. The molecule has 4 rings (SSSR count). The van der Waals surface area contributed by atoms with Crippen molar-refractivity contribution in [3.05, 3.63) is 88.2 Å². The van der Waals surface area contributed by atoms with E-state index in [1.165, 1.54) is 12.1 Å². The molecule has 3 aromatic rings. The third-order valence-electron chi connectivity index (χ3n) is 4.28. The second kappa shape index (κ2) is 6.01. The van der Waals surface area contributed by atoms with Gasteiger partial charge < -0.3 is 9.88 Å². The zero-order valence-corrected chi connectivity index (χ0v) is 13.4. The maximum Gasteiger partial charge on any atom is 0.281 e. The Hall–Kier alpha value is -3.65. The lowest BCUT2D eigenvalue weighted by molar-refractivity contribution is -0.384. The van der Waals surface area contributed by atoms with Crippen molar-refractivity contribution in [3.63, 3.8) is 0 Å². The number of rotatable bonds is 3. The molecule has 8 nitrogen and oxygen atoms in total. The Morgan fingerprint density at radius 2 is 1.88 bits per heavy atom. The van der Waals surface area contributed by atoms with Gasteiger partial charge in [0.25, 0.3) is 11.6 Å². The Kier molecular flexibility index (Phi) is 3.67. The molecule has 0 spiro atoms. The maximum absolute atomic E-state index is 12.5. The first-order valence-corrected chi connectivity index (χ1v) is 7.86. The molecule has 8 heteroatoms. The van der Waals surface area contributed by atoms with Gasteiger partial charge in [-0.05, 0) is 30.3 Å². The molecule has 0 saturated heterocycles. The highest BCUT2D eigenvalue weighted by Crippen LogP contribution is 2.33. The lowest BCUT2D eigenvalue weighted by Gasteiger charge is -2.33. The molecule has 0 fully saturated rings. The molecule has 0 bridgehead atoms. The third-order valence-corrected chi connectivity index (χ3v) is 4.28. The number of hydrogen-bond acceptors (Lipinski definition) is 5. The summed E-state index contributed by atoms with van der Waals surface area (Å²) in [6.07, 6.45) is 0.890. The van der Waals surface area contributed by atoms with Crippen LogP contribution < -0.4 is 5.32 Å². The van der Waals surface area contributed by atoms with Crippen molar-refractivity contribution >= 4 is 17.3 Å². The molecule has 2 N–H and O–H groups in total. The second-order valence-electron chi connectivity index (χ2n) is 5.82. The molecule has 0 unspecified atom stereocenters. The van der Waals surface area contributed by atoms with Crippen molar-refractivity contribution in [2.24, 2.45) is 0 Å². The van der Waals surface area contributed by atoms with Gasteiger partial charge in [0, 0.05) is 24.0 Å². The van der Waals surface area contributed by atoms with Gasteiger partial charge in [-0.15, -0.1) is 0 Å². The van der Waals surface area contributed by atoms with Crippen LogP contribution >= 0.6 is 0 Å². The van der Waals surface area contributed by atoms with Gasteiger partial charge in [0.2, 0.25) is 0 Å². The average molecular weight is 350 g/mol. The van der Waals surface area contributed by atoms with Crippen molar-refractivity contribution < 1.29 is 14.9 Å². The second-order valence-corrected chi connectivity index (χ2v) is 5.82. The van der Waals surface area contributed by atoms with Crippen LogP contribution in [0, 0.1) is 10.1 Å². The lowest BCUT2D eigenvalue weighted by atomic mass is 10.1. The van der Waals surface area contributed by atoms with Crippen molar-refractivity contribution in [2.45, 2.75) is 6.17 Å². The number of nitro benzene ring substituents is 1. The largest absolute Gasteiger partial charge is 0.358 e. The maximum atomic E-state index is 12.5. The summed E-state index contributed by atoms with van der Waals surface area (Å²) in [6.45, 7) is 0. The number of carbonyl (C=O) groups is 1. The molecule has 130 valence electrons. The Bertz CT molecular complexity index is 1010. The van der Waals surface area contributed by atoms with Gasteiger partial charge >= 0.3 is 0 Å². The number of hydroxylamine groups is 2. The van der Waals surface area contributed by atoms with Gasteiger partial charge in [-0.25, -0.2) is 0 Å². The van der Waals surface area contributed by atoms with Gasteiger partial charge in [-0.3, -0.25) is 20.1 Å². The first-order valence-electron chi connectivity index (χ1n) is 7.86. The highest BCUT2D eigenvalue weighted by atomic mass is 16.6. The van der Waals surface area contributed by atoms with Crippen LogP contribution in [0.5, 0.6) is 0 Å². The van der Waals surface area contributed by atoms with Gasteiger partial charge in [-0.2, -0.15) is 5.06 Å². The first kappa shape index (κ1) is 15.9. The van der Waals surface area contributed by atoms with Gasteiger partial charge in [0.1, 0.15) is 0 Å². The normalized spacial score (nSPS) is 16.1. The topological polar surface area (TPSA) is 101 Å². The standard InChI is InChI=1S/C18H14N4O4/c23-18-14-7-1-2-8-15(14)19-17(21(18)24)16-9-4-10-20(16)12-5-3-6-13(11-12)22(25)26/h1-11,17,19,24H/t17-/m1/s1. The van der Waals surface area contributed by atoms with Crippen LogP contribution in [0.2, 0.25) is 0 Å². The number of para-hydroxylation sites is 1. The van der Waals surface area contributed by atoms with Crippen molar-refractivity contribution in [3.8, 4) is 5.69 Å². The number of carbonyl (C=O) groups excluding carboxylic acids is 1. The molecule has 1 aromatic heterocycles. The summed E-state index contributed by atoms with van der Waals surface area (Å²) in [7, 11) is 0. The van der Waals surface area contributed by atoms with E-state index in [1.54, 1.807) is 59.3 Å². The lowest BCUT2D eigenvalue weighted by Crippen LogP contribution is -2.41. The minimum atomic E-state index is -0.827. The summed E-state index contributed by atoms with van der Waals surface area (Å²) in [5, 5.41) is 25.2. The molecular formula is C18H14N4O4. The van der Waals surface area contributed by atoms with Gasteiger partial charge in [0.05, 0.1) is 21.9 Å². The van der Waals surface area contributed by atoms with Gasteiger partial charge in [0.15, 0.2) is 6.17 Å². The molecule has 1 atom stereocenters. The van der Waals surface area contributed by atoms with E-state index in [-0.39, 0.29) is 5.69 Å². The molecule has 26 heavy (non-hydrogen) atoms. The zero-order valence-electron chi connectivity index (χ0n) is 13.4. The van der Waals surface area contributed by atoms with Crippen molar-refractivity contribution in [1.29, 1.82) is 0 Å². The quantitative estimate of drug-likeness (QED) is 0.429. The number of nitrogens with zero attached hydrogens (tertiary/aromatic N) is 3. The molecule has 1 aliphatic heterocycles. The summed E-state index contributed by atoms with van der Waals surface area (Å²) in [5.74, 6) is -0.517. The Morgan fingerprint density at radius 1 is 1.08 bits per heavy atom. The van der Waals surface area contributed by atoms with Crippen LogP contribution in [-0.4, -0.2) is 25.7 Å². The Balaban J connectivity index is 1.77. The van der Waals surface area contributed by atoms with E-state index in [0.717, 1.165) is 0 Å². The number of benzene rings is 2. The first-order chi connectivity index (χ1) is 12.6. The summed E-state index contributed by atoms with van der Waals surface area (Å²) in [5.41, 5.74) is 2.07. The molecule has 0 radical (unpaired) electrons. The fraction of sp³-hybridized carbons (Fsp3) is 0.0556. The summed E-state index contributed by atoms with van der Waals surface area (Å²) in [6, 6.07) is 16.5. The molecule has 0 aliphatic carbocycles. The number of anilines is 1. The van der Waals surface area contributed by atoms with Crippen molar-refractivity contribution in [2.75, 3.05) is 5.32 Å². The van der Waals surface area contributed by atoms with Gasteiger partial charge in [-0.1, -0.05) is 18.2 Å². The predicted molar refractivity (Wildman–Crippen MR) is 93.2 cm³/mol. The van der Waals surface area contributed by atoms with Crippen LogP contribution in [0.3, 0.4) is 0 Å². The van der Waals surface area contributed by atoms with E-state index in [1.807, 2.05) is 0 Å². The summed E-state index contributed by atoms with van der Waals surface area (Å²) in [4.78, 5) is 23.0. The molecule has 1 amide bonds. The SMILES string of the molecule is O=C1c2ccccc2N[C@@H](c2cccn2-c2cccc([N+](=O)[O-])c2)N1O. The molecule has 1 aliphatic rings.